The van der Waals surface area contributed by atoms with E-state index in [1.807, 2.05) is 65.6 Å². The van der Waals surface area contributed by atoms with E-state index in [9.17, 15) is 9.59 Å². The fourth-order valence-corrected chi connectivity index (χ4v) is 4.69. The van der Waals surface area contributed by atoms with Gasteiger partial charge in [-0.25, -0.2) is 4.79 Å². The number of nitrogens with zero attached hydrogens (tertiary/aromatic N) is 2. The number of carbonyl (C=O) groups excluding carboxylic acids is 2. The van der Waals surface area contributed by atoms with Crippen molar-refractivity contribution in [3.63, 3.8) is 0 Å². The molecule has 34 heavy (non-hydrogen) atoms. The summed E-state index contributed by atoms with van der Waals surface area (Å²) in [6, 6.07) is 29.2. The Morgan fingerprint density at radius 2 is 1.56 bits per heavy atom. The molecule has 3 amide bonds. The molecule has 0 saturated carbocycles. The van der Waals surface area contributed by atoms with Gasteiger partial charge in [-0.05, 0) is 23.3 Å². The molecule has 2 heterocycles. The van der Waals surface area contributed by atoms with Gasteiger partial charge in [0.15, 0.2) is 5.17 Å². The number of hydrogen-bond acceptors (Lipinski definition) is 5. The summed E-state index contributed by atoms with van der Waals surface area (Å²) in [7, 11) is 0. The number of urea groups is 1. The lowest BCUT2D eigenvalue weighted by atomic mass is 10.1. The zero-order valence-electron chi connectivity index (χ0n) is 18.6. The van der Waals surface area contributed by atoms with E-state index in [0.29, 0.717) is 6.04 Å². The molecular formula is C26H27BrN4O2S. The van der Waals surface area contributed by atoms with E-state index in [-0.39, 0.29) is 6.42 Å². The lowest BCUT2D eigenvalue weighted by molar-refractivity contribution is -0.119. The fraction of sp³-hybridized carbons (Fsp3) is 0.192. The Labute approximate surface area is 212 Å². The molecule has 5 rings (SSSR count). The van der Waals surface area contributed by atoms with Gasteiger partial charge >= 0.3 is 6.03 Å². The molecule has 6 nitrogen and oxygen atoms in total. The number of hydrogen-bond donors (Lipinski definition) is 2. The molecule has 0 bridgehead atoms. The van der Waals surface area contributed by atoms with E-state index >= 15 is 0 Å². The van der Waals surface area contributed by atoms with Crippen LogP contribution >= 0.6 is 27.7 Å². The van der Waals surface area contributed by atoms with E-state index in [4.69, 9.17) is 10.7 Å². The third-order valence-corrected chi connectivity index (χ3v) is 6.45. The Kier molecular flexibility index (Phi) is 10.2. The van der Waals surface area contributed by atoms with Crippen molar-refractivity contribution in [3.05, 3.63) is 107 Å². The van der Waals surface area contributed by atoms with Gasteiger partial charge in [0.25, 0.3) is 0 Å². The summed E-state index contributed by atoms with van der Waals surface area (Å²) >= 11 is 5.20. The predicted octanol–water partition coefficient (Wildman–Crippen LogP) is 5.02. The molecule has 1 atom stereocenters. The smallest absolute Gasteiger partial charge is 0.318 e. The maximum absolute atomic E-state index is 11.0. The predicted molar refractivity (Wildman–Crippen MR) is 143 cm³/mol. The highest BCUT2D eigenvalue weighted by Crippen LogP contribution is 2.31. The molecule has 3 N–H and O–H groups in total. The van der Waals surface area contributed by atoms with E-state index < -0.39 is 11.9 Å². The van der Waals surface area contributed by atoms with Gasteiger partial charge in [0.05, 0.1) is 12.5 Å². The number of halogens is 1. The third kappa shape index (κ3) is 8.68. The van der Waals surface area contributed by atoms with Crippen LogP contribution in [0.15, 0.2) is 100 Å². The molecule has 0 unspecified atom stereocenters. The summed E-state index contributed by atoms with van der Waals surface area (Å²) in [6.45, 7) is 2.25. The number of carbonyl (C=O) groups is 2. The molecule has 0 radical (unpaired) electrons. The molecule has 1 saturated heterocycles. The van der Waals surface area contributed by atoms with Crippen molar-refractivity contribution in [1.82, 2.24) is 10.2 Å². The van der Waals surface area contributed by atoms with Gasteiger partial charge in [-0.3, -0.25) is 15.1 Å². The van der Waals surface area contributed by atoms with Crippen LogP contribution in [0.4, 0.5) is 4.79 Å². The standard InChI is InChI=1S/C11H12N2S.C9H10N2O2.C6H5Br/c1-2-4-9(5-3-1)10-8-13-6-7-14-11(13)12-10;10-9(13)11-8(12)6-7-4-2-1-3-5-7;7-6-4-2-1-3-5-6/h1-5,10H,6-8H2;1-5H,6H2,(H3,10,11,12,13);1-5H/t10-;;/m1../s1. The minimum absolute atomic E-state index is 0.170. The number of thioether (sulfide) groups is 1. The number of fused-ring (bicyclic) bond motifs is 1. The Bertz CT molecular complexity index is 1080. The molecule has 3 aromatic carbocycles. The van der Waals surface area contributed by atoms with Gasteiger partial charge < -0.3 is 10.6 Å². The highest BCUT2D eigenvalue weighted by atomic mass is 79.9. The summed E-state index contributed by atoms with van der Waals surface area (Å²) in [6.07, 6.45) is 0.170. The second kappa shape index (κ2) is 13.6. The van der Waals surface area contributed by atoms with Crippen LogP contribution in [0.25, 0.3) is 0 Å². The van der Waals surface area contributed by atoms with E-state index in [0.717, 1.165) is 16.6 Å². The molecule has 0 aromatic heterocycles. The number of amidine groups is 1. The molecule has 8 heteroatoms. The van der Waals surface area contributed by atoms with Crippen LogP contribution < -0.4 is 11.1 Å². The van der Waals surface area contributed by atoms with Crippen molar-refractivity contribution in [1.29, 1.82) is 0 Å². The van der Waals surface area contributed by atoms with Gasteiger partial charge in [0.1, 0.15) is 0 Å². The van der Waals surface area contributed by atoms with Gasteiger partial charge in [0, 0.05) is 23.3 Å². The monoisotopic (exact) mass is 538 g/mol. The van der Waals surface area contributed by atoms with E-state index in [2.05, 4.69) is 51.2 Å². The van der Waals surface area contributed by atoms with Crippen molar-refractivity contribution in [2.24, 2.45) is 10.7 Å². The van der Waals surface area contributed by atoms with Crippen molar-refractivity contribution < 1.29 is 9.59 Å². The molecule has 2 aliphatic rings. The van der Waals surface area contributed by atoms with Gasteiger partial charge in [0.2, 0.25) is 5.91 Å². The number of amides is 3. The van der Waals surface area contributed by atoms with Crippen LogP contribution in [-0.4, -0.2) is 40.8 Å². The summed E-state index contributed by atoms with van der Waals surface area (Å²) in [5.41, 5.74) is 6.97. The topological polar surface area (TPSA) is 87.8 Å². The summed E-state index contributed by atoms with van der Waals surface area (Å²) < 4.78 is 1.13. The zero-order valence-corrected chi connectivity index (χ0v) is 21.0. The molecule has 0 aliphatic carbocycles. The second-order valence-corrected chi connectivity index (χ2v) is 9.48. The Morgan fingerprint density at radius 3 is 2.09 bits per heavy atom. The maximum atomic E-state index is 11.0. The highest BCUT2D eigenvalue weighted by Gasteiger charge is 2.29. The number of primary amides is 1. The maximum Gasteiger partial charge on any atom is 0.318 e. The minimum atomic E-state index is -0.819. The normalized spacial score (nSPS) is 15.6. The molecule has 0 spiro atoms. The lowest BCUT2D eigenvalue weighted by Crippen LogP contribution is -2.35. The zero-order chi connectivity index (χ0) is 24.2. The molecule has 2 aliphatic heterocycles. The second-order valence-electron chi connectivity index (χ2n) is 7.50. The Morgan fingerprint density at radius 1 is 0.971 bits per heavy atom. The molecule has 176 valence electrons. The third-order valence-electron chi connectivity index (χ3n) is 4.91. The number of rotatable bonds is 3. The van der Waals surface area contributed by atoms with Crippen LogP contribution in [0.3, 0.4) is 0 Å². The average molecular weight is 539 g/mol. The van der Waals surface area contributed by atoms with Gasteiger partial charge in [-0.2, -0.15) is 0 Å². The molecule has 3 aromatic rings. The van der Waals surface area contributed by atoms with Crippen LogP contribution in [0.5, 0.6) is 0 Å². The number of imide groups is 1. The lowest BCUT2D eigenvalue weighted by Gasteiger charge is -2.12. The Balaban J connectivity index is 0.000000151. The Hall–Kier alpha value is -3.10. The van der Waals surface area contributed by atoms with Crippen LogP contribution in [0, 0.1) is 0 Å². The van der Waals surface area contributed by atoms with Crippen molar-refractivity contribution in [2.75, 3.05) is 18.8 Å². The largest absolute Gasteiger partial charge is 0.351 e. The SMILES string of the molecule is Brc1ccccc1.NC(=O)NC(=O)Cc1ccccc1.c1ccc([C@H]2CN3CCSC3=N2)cc1. The number of nitrogens with one attached hydrogen (secondary N) is 1. The quantitative estimate of drug-likeness (QED) is 0.490. The number of nitrogens with two attached hydrogens (primary N) is 1. The fourth-order valence-electron chi connectivity index (χ4n) is 3.34. The van der Waals surface area contributed by atoms with Gasteiger partial charge in [-0.1, -0.05) is 107 Å². The van der Waals surface area contributed by atoms with E-state index in [1.54, 1.807) is 12.1 Å². The van der Waals surface area contributed by atoms with Gasteiger partial charge in [-0.15, -0.1) is 0 Å². The van der Waals surface area contributed by atoms with Crippen molar-refractivity contribution >= 4 is 44.8 Å². The van der Waals surface area contributed by atoms with Crippen molar-refractivity contribution in [2.45, 2.75) is 12.5 Å². The molecule has 1 fully saturated rings. The number of benzene rings is 3. The summed E-state index contributed by atoms with van der Waals surface area (Å²) in [5, 5.41) is 3.24. The van der Waals surface area contributed by atoms with Crippen LogP contribution in [0.2, 0.25) is 0 Å². The van der Waals surface area contributed by atoms with Crippen molar-refractivity contribution in [3.8, 4) is 0 Å². The van der Waals surface area contributed by atoms with Crippen LogP contribution in [-0.2, 0) is 11.2 Å². The molecular weight excluding hydrogens is 512 g/mol. The first-order valence-electron chi connectivity index (χ1n) is 10.9. The number of aliphatic imine (C=N–C) groups is 1. The summed E-state index contributed by atoms with van der Waals surface area (Å²) in [4.78, 5) is 28.4. The average Bonchev–Trinajstić information content (AvgIpc) is 3.44. The summed E-state index contributed by atoms with van der Waals surface area (Å²) in [5.74, 6) is 0.819. The first-order chi connectivity index (χ1) is 16.5. The van der Waals surface area contributed by atoms with Crippen LogP contribution in [0.1, 0.15) is 17.2 Å². The highest BCUT2D eigenvalue weighted by molar-refractivity contribution is 9.10. The van der Waals surface area contributed by atoms with E-state index in [1.165, 1.54) is 23.0 Å². The first kappa shape index (κ1) is 25.5. The minimum Gasteiger partial charge on any atom is -0.351 e. The first-order valence-corrected chi connectivity index (χ1v) is 12.6.